The van der Waals surface area contributed by atoms with Crippen LogP contribution in [-0.2, 0) is 25.8 Å². The predicted molar refractivity (Wildman–Crippen MR) is 156 cm³/mol. The summed E-state index contributed by atoms with van der Waals surface area (Å²) in [4.78, 5) is 2.41. The molecule has 0 unspecified atom stereocenters. The van der Waals surface area contributed by atoms with Gasteiger partial charge in [0.25, 0.3) is 0 Å². The van der Waals surface area contributed by atoms with Crippen molar-refractivity contribution in [1.29, 1.82) is 0 Å². The molecule has 0 aromatic heterocycles. The second-order valence-electron chi connectivity index (χ2n) is 10.2. The minimum atomic E-state index is 0.387. The van der Waals surface area contributed by atoms with Crippen LogP contribution in [-0.4, -0.2) is 0 Å². The zero-order valence-electron chi connectivity index (χ0n) is 21.5. The molecule has 0 spiro atoms. The topological polar surface area (TPSA) is 3.24 Å². The molecule has 1 aliphatic rings. The predicted octanol–water partition coefficient (Wildman–Crippen LogP) is 8.81. The molecule has 0 amide bonds. The first kappa shape index (κ1) is 23.3. The van der Waals surface area contributed by atoms with Crippen molar-refractivity contribution >= 4 is 11.4 Å². The molecule has 5 aromatic rings. The van der Waals surface area contributed by atoms with Crippen LogP contribution in [0.4, 0.5) is 11.4 Å². The zero-order chi connectivity index (χ0) is 25.0. The summed E-state index contributed by atoms with van der Waals surface area (Å²) >= 11 is 0. The van der Waals surface area contributed by atoms with Crippen LogP contribution in [0.5, 0.6) is 0 Å². The van der Waals surface area contributed by atoms with Gasteiger partial charge < -0.3 is 4.90 Å². The molecule has 0 N–H and O–H groups in total. The van der Waals surface area contributed by atoms with Crippen molar-refractivity contribution in [2.24, 2.45) is 0 Å². The molecule has 0 radical (unpaired) electrons. The third kappa shape index (κ3) is 5.08. The number of aryl methyl sites for hydroxylation is 3. The molecule has 0 fully saturated rings. The second kappa shape index (κ2) is 10.5. The number of rotatable bonds is 6. The average molecular weight is 480 g/mol. The van der Waals surface area contributed by atoms with Gasteiger partial charge in [-0.2, -0.15) is 0 Å². The Balaban J connectivity index is 1.32. The average Bonchev–Trinajstić information content (AvgIpc) is 3.11. The summed E-state index contributed by atoms with van der Waals surface area (Å²) in [5.74, 6) is 0.387. The summed E-state index contributed by atoms with van der Waals surface area (Å²) in [5, 5.41) is 0. The van der Waals surface area contributed by atoms with E-state index in [0.29, 0.717) is 5.92 Å². The number of nitrogens with zero attached hydrogens (tertiary/aromatic N) is 1. The normalized spacial score (nSPS) is 12.9. The highest BCUT2D eigenvalue weighted by molar-refractivity contribution is 5.64. The molecule has 1 heteroatoms. The lowest BCUT2D eigenvalue weighted by Gasteiger charge is -2.26. The van der Waals surface area contributed by atoms with Gasteiger partial charge in [-0.3, -0.25) is 0 Å². The van der Waals surface area contributed by atoms with Gasteiger partial charge in [-0.25, -0.2) is 0 Å². The van der Waals surface area contributed by atoms with Crippen molar-refractivity contribution in [2.75, 3.05) is 4.90 Å². The van der Waals surface area contributed by atoms with E-state index < -0.39 is 0 Å². The Morgan fingerprint density at radius 3 is 1.65 bits per heavy atom. The van der Waals surface area contributed by atoms with Crippen molar-refractivity contribution in [3.8, 4) is 0 Å². The SMILES string of the molecule is Cc1ccc(N(Cc2ccccc2)c2ccc(CC3c4ccccc4CCc4ccccc43)cc2)cc1. The smallest absolute Gasteiger partial charge is 0.0481 e. The van der Waals surface area contributed by atoms with E-state index in [2.05, 4.69) is 139 Å². The van der Waals surface area contributed by atoms with E-state index >= 15 is 0 Å². The lowest BCUT2D eigenvalue weighted by molar-refractivity contribution is 0.799. The Hall–Kier alpha value is -4.10. The standard InChI is InChI=1S/C36H33N/c1-27-15-21-32(22-16-27)37(26-29-9-3-2-4-10-29)33-23-17-28(18-24-33)25-36-34-13-7-5-11-30(34)19-20-31-12-6-8-14-35(31)36/h2-18,21-24,36H,19-20,25-26H2,1H3. The Morgan fingerprint density at radius 2 is 1.05 bits per heavy atom. The number of hydrogen-bond donors (Lipinski definition) is 0. The minimum absolute atomic E-state index is 0.387. The molecule has 0 aliphatic heterocycles. The van der Waals surface area contributed by atoms with Crippen LogP contribution in [0.15, 0.2) is 127 Å². The molecular formula is C36H33N. The molecule has 0 saturated carbocycles. The van der Waals surface area contributed by atoms with E-state index in [9.17, 15) is 0 Å². The molecule has 1 nitrogen and oxygen atoms in total. The first-order valence-corrected chi connectivity index (χ1v) is 13.4. The first-order valence-electron chi connectivity index (χ1n) is 13.4. The Bertz CT molecular complexity index is 1420. The molecule has 6 rings (SSSR count). The zero-order valence-corrected chi connectivity index (χ0v) is 21.5. The van der Waals surface area contributed by atoms with Crippen molar-refractivity contribution in [3.05, 3.63) is 166 Å². The van der Waals surface area contributed by atoms with Crippen LogP contribution < -0.4 is 4.90 Å². The maximum atomic E-state index is 2.41. The molecule has 37 heavy (non-hydrogen) atoms. The van der Waals surface area contributed by atoms with Crippen LogP contribution in [0.1, 0.15) is 44.9 Å². The highest BCUT2D eigenvalue weighted by Crippen LogP contribution is 2.37. The summed E-state index contributed by atoms with van der Waals surface area (Å²) < 4.78 is 0. The second-order valence-corrected chi connectivity index (χ2v) is 10.2. The number of hydrogen-bond acceptors (Lipinski definition) is 1. The van der Waals surface area contributed by atoms with E-state index in [1.54, 1.807) is 0 Å². The van der Waals surface area contributed by atoms with E-state index in [1.165, 1.54) is 50.3 Å². The molecule has 0 atom stereocenters. The fourth-order valence-electron chi connectivity index (χ4n) is 5.73. The molecule has 1 aliphatic carbocycles. The van der Waals surface area contributed by atoms with Crippen LogP contribution >= 0.6 is 0 Å². The van der Waals surface area contributed by atoms with Gasteiger partial charge in [-0.1, -0.05) is 109 Å². The van der Waals surface area contributed by atoms with E-state index in [1.807, 2.05) is 0 Å². The van der Waals surface area contributed by atoms with Crippen molar-refractivity contribution in [3.63, 3.8) is 0 Å². The van der Waals surface area contributed by atoms with Crippen LogP contribution in [0.25, 0.3) is 0 Å². The van der Waals surface area contributed by atoms with Crippen LogP contribution in [0.3, 0.4) is 0 Å². The Kier molecular flexibility index (Phi) is 6.60. The minimum Gasteiger partial charge on any atom is -0.337 e. The van der Waals surface area contributed by atoms with Crippen molar-refractivity contribution in [1.82, 2.24) is 0 Å². The maximum absolute atomic E-state index is 2.41. The highest BCUT2D eigenvalue weighted by atomic mass is 15.1. The third-order valence-corrected chi connectivity index (χ3v) is 7.74. The van der Waals surface area contributed by atoms with Crippen molar-refractivity contribution < 1.29 is 0 Å². The van der Waals surface area contributed by atoms with E-state index in [-0.39, 0.29) is 0 Å². The van der Waals surface area contributed by atoms with Gasteiger partial charge in [-0.05, 0) is 83.8 Å². The summed E-state index contributed by atoms with van der Waals surface area (Å²) in [6.07, 6.45) is 3.25. The molecule has 0 heterocycles. The molecular weight excluding hydrogens is 446 g/mol. The van der Waals surface area contributed by atoms with Crippen LogP contribution in [0.2, 0.25) is 0 Å². The van der Waals surface area contributed by atoms with Crippen molar-refractivity contribution in [2.45, 2.75) is 38.6 Å². The van der Waals surface area contributed by atoms with Gasteiger partial charge in [0.1, 0.15) is 0 Å². The fraction of sp³-hybridized carbons (Fsp3) is 0.167. The molecule has 0 bridgehead atoms. The quantitative estimate of drug-likeness (QED) is 0.235. The number of fused-ring (bicyclic) bond motifs is 2. The molecule has 182 valence electrons. The Labute approximate surface area is 221 Å². The van der Waals surface area contributed by atoms with Gasteiger partial charge >= 0.3 is 0 Å². The van der Waals surface area contributed by atoms with Gasteiger partial charge in [0.15, 0.2) is 0 Å². The van der Waals surface area contributed by atoms with Crippen LogP contribution in [0, 0.1) is 6.92 Å². The molecule has 0 saturated heterocycles. The van der Waals surface area contributed by atoms with Gasteiger partial charge in [0.2, 0.25) is 0 Å². The van der Waals surface area contributed by atoms with Gasteiger partial charge in [-0.15, -0.1) is 0 Å². The first-order chi connectivity index (χ1) is 18.2. The largest absolute Gasteiger partial charge is 0.337 e. The van der Waals surface area contributed by atoms with Gasteiger partial charge in [0.05, 0.1) is 0 Å². The number of benzene rings is 5. The lowest BCUT2D eigenvalue weighted by atomic mass is 9.83. The lowest BCUT2D eigenvalue weighted by Crippen LogP contribution is -2.16. The monoisotopic (exact) mass is 479 g/mol. The Morgan fingerprint density at radius 1 is 0.541 bits per heavy atom. The fourth-order valence-corrected chi connectivity index (χ4v) is 5.73. The highest BCUT2D eigenvalue weighted by Gasteiger charge is 2.23. The maximum Gasteiger partial charge on any atom is 0.0481 e. The van der Waals surface area contributed by atoms with E-state index in [4.69, 9.17) is 0 Å². The summed E-state index contributed by atoms with van der Waals surface area (Å²) in [6.45, 7) is 2.98. The van der Waals surface area contributed by atoms with Gasteiger partial charge in [0, 0.05) is 23.8 Å². The summed E-state index contributed by atoms with van der Waals surface area (Å²) in [5.41, 5.74) is 12.4. The summed E-state index contributed by atoms with van der Waals surface area (Å²) in [6, 6.07) is 46.9. The van der Waals surface area contributed by atoms with E-state index in [0.717, 1.165) is 25.8 Å². The number of anilines is 2. The molecule has 5 aromatic carbocycles. The summed E-state index contributed by atoms with van der Waals surface area (Å²) in [7, 11) is 0. The third-order valence-electron chi connectivity index (χ3n) is 7.74.